The van der Waals surface area contributed by atoms with Crippen LogP contribution >= 0.6 is 0 Å². The molecule has 2 unspecified atom stereocenters. The molecule has 0 aromatic heterocycles. The van der Waals surface area contributed by atoms with Gasteiger partial charge in [-0.25, -0.2) is 9.59 Å². The van der Waals surface area contributed by atoms with E-state index in [2.05, 4.69) is 27.7 Å². The predicted molar refractivity (Wildman–Crippen MR) is 119 cm³/mol. The second kappa shape index (κ2) is 13.4. The SMILES string of the molecule is CCCCC(CC)CC(CC(CC)CCCC)c1cc(C(=O)O)cc(C(=O)O)c1. The van der Waals surface area contributed by atoms with Gasteiger partial charge in [0.05, 0.1) is 11.1 Å². The van der Waals surface area contributed by atoms with Crippen LogP contribution in [-0.4, -0.2) is 22.2 Å². The molecule has 0 spiro atoms. The smallest absolute Gasteiger partial charge is 0.335 e. The van der Waals surface area contributed by atoms with Crippen molar-refractivity contribution in [3.8, 4) is 0 Å². The zero-order valence-electron chi connectivity index (χ0n) is 18.7. The Morgan fingerprint density at radius 3 is 1.48 bits per heavy atom. The van der Waals surface area contributed by atoms with Crippen LogP contribution in [0.4, 0.5) is 0 Å². The van der Waals surface area contributed by atoms with Gasteiger partial charge in [0.15, 0.2) is 0 Å². The van der Waals surface area contributed by atoms with Crippen molar-refractivity contribution in [1.82, 2.24) is 0 Å². The first-order chi connectivity index (χ1) is 13.9. The summed E-state index contributed by atoms with van der Waals surface area (Å²) in [6.45, 7) is 8.86. The third-order valence-corrected chi connectivity index (χ3v) is 6.24. The summed E-state index contributed by atoms with van der Waals surface area (Å²) in [7, 11) is 0. The highest BCUT2D eigenvalue weighted by molar-refractivity contribution is 5.94. The Morgan fingerprint density at radius 2 is 1.17 bits per heavy atom. The standard InChI is InChI=1S/C25H40O4/c1-5-9-11-18(7-3)13-20(14-19(8-4)12-10-6-2)21-15-22(24(26)27)17-23(16-21)25(28)29/h15-20H,5-14H2,1-4H3,(H,26,27)(H,28,29). The van der Waals surface area contributed by atoms with Crippen molar-refractivity contribution < 1.29 is 19.8 Å². The molecule has 4 nitrogen and oxygen atoms in total. The number of carbonyl (C=O) groups is 2. The van der Waals surface area contributed by atoms with E-state index in [4.69, 9.17) is 0 Å². The van der Waals surface area contributed by atoms with E-state index < -0.39 is 11.9 Å². The normalized spacial score (nSPS) is 14.3. The van der Waals surface area contributed by atoms with Gasteiger partial charge in [0.2, 0.25) is 0 Å². The fourth-order valence-corrected chi connectivity index (χ4v) is 4.27. The molecule has 0 saturated heterocycles. The van der Waals surface area contributed by atoms with Gasteiger partial charge in [-0.2, -0.15) is 0 Å². The van der Waals surface area contributed by atoms with E-state index in [-0.39, 0.29) is 17.0 Å². The average Bonchev–Trinajstić information content (AvgIpc) is 2.72. The summed E-state index contributed by atoms with van der Waals surface area (Å²) in [5.74, 6) is -0.750. The number of hydrogen-bond acceptors (Lipinski definition) is 2. The molecule has 0 aliphatic carbocycles. The van der Waals surface area contributed by atoms with E-state index in [1.807, 2.05) is 0 Å². The Kier molecular flexibility index (Phi) is 11.6. The molecular weight excluding hydrogens is 364 g/mol. The third kappa shape index (κ3) is 8.59. The molecule has 2 atom stereocenters. The van der Waals surface area contributed by atoms with Crippen LogP contribution in [0.2, 0.25) is 0 Å². The van der Waals surface area contributed by atoms with Crippen molar-refractivity contribution in [1.29, 1.82) is 0 Å². The van der Waals surface area contributed by atoms with Crippen LogP contribution in [0, 0.1) is 11.8 Å². The summed E-state index contributed by atoms with van der Waals surface area (Å²) in [4.78, 5) is 23.2. The van der Waals surface area contributed by atoms with Gasteiger partial charge in [-0.05, 0) is 54.4 Å². The number of hydrogen-bond donors (Lipinski definition) is 2. The summed E-state index contributed by atoms with van der Waals surface area (Å²) < 4.78 is 0. The number of benzene rings is 1. The van der Waals surface area contributed by atoms with Gasteiger partial charge < -0.3 is 10.2 Å². The van der Waals surface area contributed by atoms with Crippen LogP contribution < -0.4 is 0 Å². The van der Waals surface area contributed by atoms with E-state index >= 15 is 0 Å². The quantitative estimate of drug-likeness (QED) is 0.320. The Labute approximate surface area is 176 Å². The van der Waals surface area contributed by atoms with Gasteiger partial charge in [0.1, 0.15) is 0 Å². The van der Waals surface area contributed by atoms with Gasteiger partial charge in [-0.3, -0.25) is 0 Å². The lowest BCUT2D eigenvalue weighted by molar-refractivity contribution is 0.0696. The number of aromatic carboxylic acids is 2. The van der Waals surface area contributed by atoms with Crippen LogP contribution in [0.15, 0.2) is 18.2 Å². The fourth-order valence-electron chi connectivity index (χ4n) is 4.27. The highest BCUT2D eigenvalue weighted by atomic mass is 16.4. The van der Waals surface area contributed by atoms with Crippen molar-refractivity contribution in [3.63, 3.8) is 0 Å². The third-order valence-electron chi connectivity index (χ3n) is 6.24. The topological polar surface area (TPSA) is 74.6 Å². The molecule has 0 radical (unpaired) electrons. The van der Waals surface area contributed by atoms with Crippen LogP contribution in [0.1, 0.15) is 124 Å². The summed E-state index contributed by atoms with van der Waals surface area (Å²) in [5, 5.41) is 19.0. The van der Waals surface area contributed by atoms with Gasteiger partial charge >= 0.3 is 11.9 Å². The Balaban J connectivity index is 3.26. The number of carboxylic acids is 2. The maximum absolute atomic E-state index is 11.6. The molecule has 0 amide bonds. The maximum atomic E-state index is 11.6. The molecule has 1 rings (SSSR count). The average molecular weight is 405 g/mol. The second-order valence-corrected chi connectivity index (χ2v) is 8.46. The molecule has 1 aromatic rings. The molecular formula is C25H40O4. The molecule has 0 fully saturated rings. The van der Waals surface area contributed by atoms with Crippen LogP contribution in [-0.2, 0) is 0 Å². The minimum atomic E-state index is -1.07. The molecule has 0 bridgehead atoms. The maximum Gasteiger partial charge on any atom is 0.335 e. The van der Waals surface area contributed by atoms with Crippen LogP contribution in [0.3, 0.4) is 0 Å². The van der Waals surface area contributed by atoms with Crippen molar-refractivity contribution in [2.24, 2.45) is 11.8 Å². The molecule has 29 heavy (non-hydrogen) atoms. The van der Waals surface area contributed by atoms with E-state index in [0.29, 0.717) is 11.8 Å². The minimum absolute atomic E-state index is 0.0770. The molecule has 4 heteroatoms. The number of rotatable bonds is 15. The Hall–Kier alpha value is -1.84. The lowest BCUT2D eigenvalue weighted by Gasteiger charge is -2.27. The molecule has 0 aliphatic rings. The van der Waals surface area contributed by atoms with E-state index in [9.17, 15) is 19.8 Å². The lowest BCUT2D eigenvalue weighted by Crippen LogP contribution is -2.14. The first kappa shape index (κ1) is 25.2. The minimum Gasteiger partial charge on any atom is -0.478 e. The van der Waals surface area contributed by atoms with Crippen molar-refractivity contribution in [2.45, 2.75) is 97.8 Å². The monoisotopic (exact) mass is 404 g/mol. The first-order valence-corrected chi connectivity index (χ1v) is 11.5. The van der Waals surface area contributed by atoms with Gasteiger partial charge in [0.25, 0.3) is 0 Å². The molecule has 164 valence electrons. The summed E-state index contributed by atoms with van der Waals surface area (Å²) in [5.41, 5.74) is 1.04. The summed E-state index contributed by atoms with van der Waals surface area (Å²) >= 11 is 0. The second-order valence-electron chi connectivity index (χ2n) is 8.46. The lowest BCUT2D eigenvalue weighted by atomic mass is 9.78. The predicted octanol–water partition coefficient (Wildman–Crippen LogP) is 7.38. The largest absolute Gasteiger partial charge is 0.478 e. The molecule has 0 aliphatic heterocycles. The van der Waals surface area contributed by atoms with Crippen LogP contribution in [0.25, 0.3) is 0 Å². The number of unbranched alkanes of at least 4 members (excludes halogenated alkanes) is 2. The van der Waals surface area contributed by atoms with Crippen molar-refractivity contribution >= 4 is 11.9 Å². The highest BCUT2D eigenvalue weighted by Gasteiger charge is 2.23. The highest BCUT2D eigenvalue weighted by Crippen LogP contribution is 2.36. The zero-order chi connectivity index (χ0) is 21.8. The zero-order valence-corrected chi connectivity index (χ0v) is 18.7. The molecule has 1 aromatic carbocycles. The fraction of sp³-hybridized carbons (Fsp3) is 0.680. The van der Waals surface area contributed by atoms with Gasteiger partial charge in [0, 0.05) is 0 Å². The molecule has 0 saturated carbocycles. The summed E-state index contributed by atoms with van der Waals surface area (Å²) in [6, 6.07) is 4.69. The summed E-state index contributed by atoms with van der Waals surface area (Å²) in [6.07, 6.45) is 11.3. The first-order valence-electron chi connectivity index (χ1n) is 11.5. The van der Waals surface area contributed by atoms with Gasteiger partial charge in [-0.15, -0.1) is 0 Å². The van der Waals surface area contributed by atoms with Crippen molar-refractivity contribution in [3.05, 3.63) is 34.9 Å². The Bertz CT molecular complexity index is 587. The molecule has 2 N–H and O–H groups in total. The Morgan fingerprint density at radius 1 is 0.759 bits per heavy atom. The van der Waals surface area contributed by atoms with E-state index in [1.165, 1.54) is 44.6 Å². The van der Waals surface area contributed by atoms with Crippen molar-refractivity contribution in [2.75, 3.05) is 0 Å². The van der Waals surface area contributed by atoms with E-state index in [0.717, 1.165) is 31.2 Å². The molecule has 0 heterocycles. The van der Waals surface area contributed by atoms with Gasteiger partial charge in [-0.1, -0.05) is 79.1 Å². The van der Waals surface area contributed by atoms with E-state index in [1.54, 1.807) is 12.1 Å². The van der Waals surface area contributed by atoms with Crippen LogP contribution in [0.5, 0.6) is 0 Å². The number of carboxylic acid groups (broad SMARTS) is 2.